The van der Waals surface area contributed by atoms with Gasteiger partial charge in [-0.3, -0.25) is 8.51 Å². The minimum absolute atomic E-state index is 0.00284. The molecular weight excluding hydrogens is 520 g/mol. The van der Waals surface area contributed by atoms with Gasteiger partial charge in [0.1, 0.15) is 17.4 Å². The van der Waals surface area contributed by atoms with Crippen LogP contribution in [0.3, 0.4) is 0 Å². The highest BCUT2D eigenvalue weighted by Crippen LogP contribution is 2.37. The molecule has 1 aliphatic rings. The Kier molecular flexibility index (Phi) is 9.25. The fourth-order valence-corrected chi connectivity index (χ4v) is 6.17. The number of nitrogens with zero attached hydrogens (tertiary/aromatic N) is 1. The summed E-state index contributed by atoms with van der Waals surface area (Å²) in [5.74, 6) is 0.654. The molecule has 3 aromatic rings. The lowest BCUT2D eigenvalue weighted by Crippen LogP contribution is -2.43. The van der Waals surface area contributed by atoms with Crippen LogP contribution in [0.5, 0.6) is 5.75 Å². The number of carbonyl (C=O) groups excluding carboxylic acids is 1. The summed E-state index contributed by atoms with van der Waals surface area (Å²) in [5, 5.41) is 6.19. The molecule has 0 saturated carbocycles. The zero-order valence-corrected chi connectivity index (χ0v) is 22.2. The van der Waals surface area contributed by atoms with E-state index in [2.05, 4.69) is 11.4 Å². The summed E-state index contributed by atoms with van der Waals surface area (Å²) in [6.45, 7) is 2.49. The highest BCUT2D eigenvalue weighted by molar-refractivity contribution is 7.80. The lowest BCUT2D eigenvalue weighted by atomic mass is 9.76. The lowest BCUT2D eigenvalue weighted by Gasteiger charge is -2.34. The van der Waals surface area contributed by atoms with E-state index in [1.807, 2.05) is 47.8 Å². The van der Waals surface area contributed by atoms with Crippen molar-refractivity contribution < 1.29 is 23.0 Å². The molecule has 4 rings (SSSR count). The van der Waals surface area contributed by atoms with E-state index >= 15 is 0 Å². The number of halogens is 1. The number of alkyl carbamates (subject to hydrolysis) is 1. The number of benzene rings is 2. The summed E-state index contributed by atoms with van der Waals surface area (Å²) in [5.41, 5.74) is 3.38. The monoisotopic (exact) mass is 547 g/mol. The average molecular weight is 548 g/mol. The molecule has 3 unspecified atom stereocenters. The van der Waals surface area contributed by atoms with E-state index in [4.69, 9.17) is 21.1 Å². The van der Waals surface area contributed by atoms with Gasteiger partial charge in [-0.15, -0.1) is 11.3 Å². The first-order chi connectivity index (χ1) is 17.4. The number of fused-ring (bicyclic) bond motifs is 1. The maximum Gasteiger partial charge on any atom is 0.407 e. The van der Waals surface area contributed by atoms with Gasteiger partial charge in [-0.25, -0.2) is 4.79 Å². The van der Waals surface area contributed by atoms with Crippen LogP contribution >= 0.6 is 22.9 Å². The Morgan fingerprint density at radius 3 is 2.83 bits per heavy atom. The van der Waals surface area contributed by atoms with Gasteiger partial charge in [-0.2, -0.15) is 0 Å². The van der Waals surface area contributed by atoms with Crippen LogP contribution < -0.4 is 14.4 Å². The molecule has 1 heterocycles. The fraction of sp³-hybridized carbons (Fsp3) is 0.346. The molecule has 7 nitrogen and oxygen atoms in total. The van der Waals surface area contributed by atoms with E-state index in [1.165, 1.54) is 21.2 Å². The Bertz CT molecular complexity index is 1190. The number of nitrogens with one attached hydrogen (secondary N) is 1. The van der Waals surface area contributed by atoms with Gasteiger partial charge < -0.3 is 19.3 Å². The number of thiophene rings is 1. The van der Waals surface area contributed by atoms with Gasteiger partial charge in [-0.05, 0) is 84.7 Å². The Labute approximate surface area is 222 Å². The number of carbonyl (C=O) groups is 1. The molecule has 192 valence electrons. The molecule has 0 saturated heterocycles. The zero-order chi connectivity index (χ0) is 25.5. The molecule has 0 aliphatic heterocycles. The zero-order valence-electron chi connectivity index (χ0n) is 19.9. The molecule has 1 amide bonds. The SMILES string of the molecule is CCOC(=O)NC1CCc2ccc(OCCN(c3cccs3)S(=O)[O-])cc2C1Cc1cccc(Cl)c1. The molecule has 1 aromatic heterocycles. The molecule has 0 radical (unpaired) electrons. The number of hydrogen-bond donors (Lipinski definition) is 1. The highest BCUT2D eigenvalue weighted by atomic mass is 35.5. The molecule has 2 aromatic carbocycles. The van der Waals surface area contributed by atoms with Crippen molar-refractivity contribution >= 4 is 45.3 Å². The average Bonchev–Trinajstić information content (AvgIpc) is 3.38. The van der Waals surface area contributed by atoms with E-state index in [9.17, 15) is 13.6 Å². The van der Waals surface area contributed by atoms with Crippen molar-refractivity contribution in [2.24, 2.45) is 0 Å². The van der Waals surface area contributed by atoms with Crippen LogP contribution in [-0.4, -0.2) is 40.7 Å². The van der Waals surface area contributed by atoms with Gasteiger partial charge in [-0.1, -0.05) is 29.8 Å². The van der Waals surface area contributed by atoms with Crippen LogP contribution in [0.25, 0.3) is 0 Å². The Hall–Kier alpha value is -2.59. The molecule has 0 fully saturated rings. The maximum absolute atomic E-state index is 12.3. The van der Waals surface area contributed by atoms with Crippen molar-refractivity contribution in [3.05, 3.63) is 81.7 Å². The topological polar surface area (TPSA) is 90.9 Å². The van der Waals surface area contributed by atoms with E-state index in [1.54, 1.807) is 13.0 Å². The maximum atomic E-state index is 12.3. The van der Waals surface area contributed by atoms with E-state index < -0.39 is 17.4 Å². The van der Waals surface area contributed by atoms with Crippen LogP contribution in [-0.2, 0) is 28.8 Å². The third-order valence-electron chi connectivity index (χ3n) is 6.15. The Morgan fingerprint density at radius 1 is 1.25 bits per heavy atom. The summed E-state index contributed by atoms with van der Waals surface area (Å²) >= 11 is 5.21. The molecule has 36 heavy (non-hydrogen) atoms. The summed E-state index contributed by atoms with van der Waals surface area (Å²) in [7, 11) is 0. The van der Waals surface area contributed by atoms with Crippen LogP contribution in [0.15, 0.2) is 60.0 Å². The van der Waals surface area contributed by atoms with Crippen molar-refractivity contribution in [3.63, 3.8) is 0 Å². The minimum Gasteiger partial charge on any atom is -0.755 e. The minimum atomic E-state index is -2.38. The number of aryl methyl sites for hydroxylation is 1. The largest absolute Gasteiger partial charge is 0.755 e. The smallest absolute Gasteiger partial charge is 0.407 e. The normalized spacial score (nSPS) is 17.6. The molecule has 3 atom stereocenters. The quantitative estimate of drug-likeness (QED) is 0.340. The molecule has 1 N–H and O–H groups in total. The Morgan fingerprint density at radius 2 is 2.11 bits per heavy atom. The number of ether oxygens (including phenoxy) is 2. The number of amides is 1. The van der Waals surface area contributed by atoms with Crippen molar-refractivity contribution in [2.75, 3.05) is 24.1 Å². The summed E-state index contributed by atoms with van der Waals surface area (Å²) in [6, 6.07) is 17.2. The first-order valence-corrected chi connectivity index (χ1v) is 14.1. The van der Waals surface area contributed by atoms with Crippen molar-refractivity contribution in [2.45, 2.75) is 38.1 Å². The molecule has 0 spiro atoms. The third-order valence-corrected chi connectivity index (χ3v) is 8.13. The second-order valence-electron chi connectivity index (χ2n) is 8.43. The number of hydrogen-bond acceptors (Lipinski definition) is 6. The van der Waals surface area contributed by atoms with E-state index in [-0.39, 0.29) is 25.1 Å². The van der Waals surface area contributed by atoms with Crippen molar-refractivity contribution in [3.8, 4) is 5.75 Å². The van der Waals surface area contributed by atoms with Gasteiger partial charge in [0.25, 0.3) is 0 Å². The summed E-state index contributed by atoms with van der Waals surface area (Å²) in [4.78, 5) is 12.3. The lowest BCUT2D eigenvalue weighted by molar-refractivity contribution is 0.144. The summed E-state index contributed by atoms with van der Waals surface area (Å²) < 4.78 is 35.7. The third kappa shape index (κ3) is 6.79. The van der Waals surface area contributed by atoms with Crippen LogP contribution in [0.4, 0.5) is 9.80 Å². The molecule has 10 heteroatoms. The first-order valence-electron chi connectivity index (χ1n) is 11.8. The second kappa shape index (κ2) is 12.6. The summed E-state index contributed by atoms with van der Waals surface area (Å²) in [6.07, 6.45) is 1.88. The molecular formula is C26H28ClN2O5S2-. The molecule has 0 bridgehead atoms. The highest BCUT2D eigenvalue weighted by Gasteiger charge is 2.31. The van der Waals surface area contributed by atoms with E-state index in [0.717, 1.165) is 24.0 Å². The Balaban J connectivity index is 1.53. The van der Waals surface area contributed by atoms with Crippen molar-refractivity contribution in [1.82, 2.24) is 5.32 Å². The van der Waals surface area contributed by atoms with Gasteiger partial charge >= 0.3 is 6.09 Å². The predicted octanol–water partition coefficient (Wildman–Crippen LogP) is 5.47. The number of anilines is 1. The van der Waals surface area contributed by atoms with Gasteiger partial charge in [0.2, 0.25) is 0 Å². The predicted molar refractivity (Wildman–Crippen MR) is 143 cm³/mol. The van der Waals surface area contributed by atoms with Crippen molar-refractivity contribution in [1.29, 1.82) is 0 Å². The van der Waals surface area contributed by atoms with Gasteiger partial charge in [0, 0.05) is 28.2 Å². The standard InChI is InChI=1S/C26H29ClN2O5S2/c1-2-33-26(30)28-24-11-9-19-8-10-21(34-13-12-29(36(31)32)25-7-4-14-35-25)17-22(19)23(24)16-18-5-3-6-20(27)15-18/h3-8,10,14-15,17,23-24H,2,9,11-13,16H2,1H3,(H,28,30)(H,31,32)/p-1. The van der Waals surface area contributed by atoms with E-state index in [0.29, 0.717) is 28.8 Å². The fourth-order valence-electron chi connectivity index (χ4n) is 4.55. The van der Waals surface area contributed by atoms with Gasteiger partial charge in [0.05, 0.1) is 13.2 Å². The van der Waals surface area contributed by atoms with Crippen LogP contribution in [0.1, 0.15) is 36.0 Å². The molecule has 1 aliphatic carbocycles. The first kappa shape index (κ1) is 26.5. The number of rotatable bonds is 10. The van der Waals surface area contributed by atoms with Gasteiger partial charge in [0.15, 0.2) is 0 Å². The van der Waals surface area contributed by atoms with Crippen LogP contribution in [0, 0.1) is 0 Å². The van der Waals surface area contributed by atoms with Crippen LogP contribution in [0.2, 0.25) is 5.02 Å². The second-order valence-corrected chi connectivity index (χ2v) is 10.7.